The van der Waals surface area contributed by atoms with E-state index in [1.807, 2.05) is 25.1 Å². The van der Waals surface area contributed by atoms with Gasteiger partial charge in [0.05, 0.1) is 10.6 Å². The van der Waals surface area contributed by atoms with Crippen molar-refractivity contribution in [3.63, 3.8) is 0 Å². The molecule has 88 valence electrons. The Labute approximate surface area is 105 Å². The molecule has 0 spiro atoms. The van der Waals surface area contributed by atoms with Gasteiger partial charge in [0, 0.05) is 0 Å². The first kappa shape index (κ1) is 11.9. The van der Waals surface area contributed by atoms with Gasteiger partial charge in [-0.15, -0.1) is 0 Å². The second-order valence-corrected chi connectivity index (χ2v) is 5.30. The molecule has 0 unspecified atom stereocenters. The minimum Gasteiger partial charge on any atom is -0.487 e. The van der Waals surface area contributed by atoms with Gasteiger partial charge >= 0.3 is 0 Å². The Hall–Kier alpha value is -0.540. The van der Waals surface area contributed by atoms with Crippen LogP contribution in [-0.4, -0.2) is 17.3 Å². The van der Waals surface area contributed by atoms with Crippen molar-refractivity contribution < 1.29 is 9.84 Å². The van der Waals surface area contributed by atoms with Crippen molar-refractivity contribution in [1.82, 2.24) is 0 Å². The van der Waals surface area contributed by atoms with Gasteiger partial charge in [0.2, 0.25) is 0 Å². The first-order valence-electron chi connectivity index (χ1n) is 5.77. The summed E-state index contributed by atoms with van der Waals surface area (Å²) in [6, 6.07) is 6.01. The van der Waals surface area contributed by atoms with E-state index in [-0.39, 0.29) is 12.2 Å². The number of hydrogen-bond acceptors (Lipinski definition) is 2. The molecule has 1 aliphatic carbocycles. The molecule has 1 aromatic rings. The van der Waals surface area contributed by atoms with Crippen molar-refractivity contribution in [2.75, 3.05) is 0 Å². The lowest BCUT2D eigenvalue weighted by Crippen LogP contribution is -2.34. The maximum Gasteiger partial charge on any atom is 0.134 e. The molecule has 1 N–H and O–H groups in total. The van der Waals surface area contributed by atoms with Crippen LogP contribution in [0, 0.1) is 6.92 Å². The first-order valence-corrected chi connectivity index (χ1v) is 6.57. The van der Waals surface area contributed by atoms with Crippen LogP contribution in [0.5, 0.6) is 5.75 Å². The Bertz CT molecular complexity index is 365. The lowest BCUT2D eigenvalue weighted by Gasteiger charge is -2.28. The number of aryl methyl sites for hydroxylation is 1. The zero-order chi connectivity index (χ0) is 11.5. The minimum absolute atomic E-state index is 0.0484. The number of hydrogen-bond donors (Lipinski definition) is 1. The molecular weight excluding hydrogens is 268 g/mol. The van der Waals surface area contributed by atoms with E-state index < -0.39 is 0 Å². The van der Waals surface area contributed by atoms with Crippen LogP contribution < -0.4 is 4.74 Å². The van der Waals surface area contributed by atoms with E-state index in [9.17, 15) is 5.11 Å². The molecule has 0 aliphatic heterocycles. The predicted molar refractivity (Wildman–Crippen MR) is 67.8 cm³/mol. The van der Waals surface area contributed by atoms with E-state index in [4.69, 9.17) is 4.74 Å². The molecule has 3 heteroatoms. The SMILES string of the molecule is Cc1ccc(O[C@H]2CCCC[C@@H]2O)c(Br)c1. The van der Waals surface area contributed by atoms with Crippen LogP contribution >= 0.6 is 15.9 Å². The molecule has 2 atom stereocenters. The Morgan fingerprint density at radius 1 is 1.31 bits per heavy atom. The summed E-state index contributed by atoms with van der Waals surface area (Å²) < 4.78 is 6.82. The maximum absolute atomic E-state index is 9.84. The van der Waals surface area contributed by atoms with Crippen molar-refractivity contribution in [2.45, 2.75) is 44.8 Å². The fourth-order valence-electron chi connectivity index (χ4n) is 2.08. The van der Waals surface area contributed by atoms with Crippen LogP contribution in [0.15, 0.2) is 22.7 Å². The second kappa shape index (κ2) is 5.19. The molecule has 0 bridgehead atoms. The van der Waals surface area contributed by atoms with Gasteiger partial charge in [0.25, 0.3) is 0 Å². The summed E-state index contributed by atoms with van der Waals surface area (Å²) in [5, 5.41) is 9.84. The van der Waals surface area contributed by atoms with Gasteiger partial charge in [-0.2, -0.15) is 0 Å². The van der Waals surface area contributed by atoms with Crippen molar-refractivity contribution in [3.8, 4) is 5.75 Å². The van der Waals surface area contributed by atoms with Gasteiger partial charge in [-0.3, -0.25) is 0 Å². The van der Waals surface area contributed by atoms with E-state index >= 15 is 0 Å². The summed E-state index contributed by atoms with van der Waals surface area (Å²) in [4.78, 5) is 0. The Morgan fingerprint density at radius 2 is 2.06 bits per heavy atom. The summed E-state index contributed by atoms with van der Waals surface area (Å²) in [5.74, 6) is 0.830. The molecule has 1 fully saturated rings. The molecule has 1 aliphatic rings. The predicted octanol–water partition coefficient (Wildman–Crippen LogP) is 3.44. The molecular formula is C13H17BrO2. The van der Waals surface area contributed by atoms with Crippen LogP contribution in [0.3, 0.4) is 0 Å². The third-order valence-electron chi connectivity index (χ3n) is 3.03. The van der Waals surface area contributed by atoms with Crippen molar-refractivity contribution in [1.29, 1.82) is 0 Å². The quantitative estimate of drug-likeness (QED) is 0.902. The number of aliphatic hydroxyl groups is 1. The zero-order valence-electron chi connectivity index (χ0n) is 9.45. The van der Waals surface area contributed by atoms with E-state index in [1.54, 1.807) is 0 Å². The van der Waals surface area contributed by atoms with E-state index in [1.165, 1.54) is 5.56 Å². The topological polar surface area (TPSA) is 29.5 Å². The van der Waals surface area contributed by atoms with Crippen molar-refractivity contribution in [2.24, 2.45) is 0 Å². The third kappa shape index (κ3) is 2.77. The molecule has 0 heterocycles. The number of benzene rings is 1. The van der Waals surface area contributed by atoms with Crippen LogP contribution in [0.4, 0.5) is 0 Å². The normalized spacial score (nSPS) is 25.4. The zero-order valence-corrected chi connectivity index (χ0v) is 11.0. The highest BCUT2D eigenvalue weighted by atomic mass is 79.9. The minimum atomic E-state index is -0.318. The standard InChI is InChI=1S/C13H17BrO2/c1-9-6-7-12(10(14)8-9)16-13-5-3-2-4-11(13)15/h6-8,11,13,15H,2-5H2,1H3/t11-,13-/m0/s1. The average Bonchev–Trinajstić information content (AvgIpc) is 2.25. The number of rotatable bonds is 2. The molecule has 0 radical (unpaired) electrons. The number of aliphatic hydroxyl groups excluding tert-OH is 1. The highest BCUT2D eigenvalue weighted by molar-refractivity contribution is 9.10. The number of ether oxygens (including phenoxy) is 1. The summed E-state index contributed by atoms with van der Waals surface area (Å²) in [6.45, 7) is 2.05. The Kier molecular flexibility index (Phi) is 3.87. The fourth-order valence-corrected chi connectivity index (χ4v) is 2.67. The van der Waals surface area contributed by atoms with E-state index in [2.05, 4.69) is 15.9 Å². The average molecular weight is 285 g/mol. The van der Waals surface area contributed by atoms with Crippen molar-refractivity contribution >= 4 is 15.9 Å². The Balaban J connectivity index is 2.07. The van der Waals surface area contributed by atoms with Gasteiger partial charge in [-0.25, -0.2) is 0 Å². The summed E-state index contributed by atoms with van der Waals surface area (Å²) >= 11 is 3.49. The van der Waals surface area contributed by atoms with Gasteiger partial charge in [-0.1, -0.05) is 12.5 Å². The van der Waals surface area contributed by atoms with Crippen LogP contribution in [0.25, 0.3) is 0 Å². The van der Waals surface area contributed by atoms with E-state index in [0.717, 1.165) is 35.9 Å². The van der Waals surface area contributed by atoms with Crippen molar-refractivity contribution in [3.05, 3.63) is 28.2 Å². The monoisotopic (exact) mass is 284 g/mol. The van der Waals surface area contributed by atoms with Gasteiger partial charge in [0.15, 0.2) is 0 Å². The first-order chi connectivity index (χ1) is 7.66. The van der Waals surface area contributed by atoms with Gasteiger partial charge < -0.3 is 9.84 Å². The molecule has 0 aromatic heterocycles. The molecule has 0 amide bonds. The molecule has 0 saturated heterocycles. The third-order valence-corrected chi connectivity index (χ3v) is 3.65. The van der Waals surface area contributed by atoms with Crippen LogP contribution in [0.2, 0.25) is 0 Å². The lowest BCUT2D eigenvalue weighted by molar-refractivity contribution is 0.00648. The fraction of sp³-hybridized carbons (Fsp3) is 0.538. The molecule has 1 aromatic carbocycles. The van der Waals surface area contributed by atoms with E-state index in [0.29, 0.717) is 0 Å². The maximum atomic E-state index is 9.84. The van der Waals surface area contributed by atoms with Crippen LogP contribution in [-0.2, 0) is 0 Å². The lowest BCUT2D eigenvalue weighted by atomic mass is 9.95. The second-order valence-electron chi connectivity index (χ2n) is 4.44. The number of halogens is 1. The largest absolute Gasteiger partial charge is 0.487 e. The highest BCUT2D eigenvalue weighted by Crippen LogP contribution is 2.30. The summed E-state index contributed by atoms with van der Waals surface area (Å²) in [7, 11) is 0. The highest BCUT2D eigenvalue weighted by Gasteiger charge is 2.25. The summed E-state index contributed by atoms with van der Waals surface area (Å²) in [5.41, 5.74) is 1.20. The summed E-state index contributed by atoms with van der Waals surface area (Å²) in [6.07, 6.45) is 3.69. The van der Waals surface area contributed by atoms with Gasteiger partial charge in [0.1, 0.15) is 11.9 Å². The van der Waals surface area contributed by atoms with Gasteiger partial charge in [-0.05, 0) is 59.8 Å². The molecule has 16 heavy (non-hydrogen) atoms. The Morgan fingerprint density at radius 3 is 2.75 bits per heavy atom. The smallest absolute Gasteiger partial charge is 0.134 e. The molecule has 2 nitrogen and oxygen atoms in total. The van der Waals surface area contributed by atoms with Crippen LogP contribution in [0.1, 0.15) is 31.2 Å². The molecule has 1 saturated carbocycles. The molecule has 2 rings (SSSR count).